The number of aryl methyl sites for hydroxylation is 1. The lowest BCUT2D eigenvalue weighted by atomic mass is 10.2. The van der Waals surface area contributed by atoms with Gasteiger partial charge in [-0.15, -0.1) is 11.8 Å². The van der Waals surface area contributed by atoms with Crippen molar-refractivity contribution in [2.45, 2.75) is 35.8 Å². The van der Waals surface area contributed by atoms with Gasteiger partial charge in [-0.3, -0.25) is 9.52 Å². The molecule has 3 aromatic rings. The summed E-state index contributed by atoms with van der Waals surface area (Å²) in [7, 11) is -3.68. The van der Waals surface area contributed by atoms with Crippen molar-refractivity contribution in [2.75, 3.05) is 16.6 Å². The van der Waals surface area contributed by atoms with E-state index in [1.807, 2.05) is 6.92 Å². The van der Waals surface area contributed by atoms with Gasteiger partial charge < -0.3 is 10.1 Å². The van der Waals surface area contributed by atoms with Gasteiger partial charge in [0.05, 0.1) is 22.3 Å². The maximum absolute atomic E-state index is 12.6. The number of hydrogen-bond donors (Lipinski definition) is 2. The number of thioether (sulfide) groups is 1. The summed E-state index contributed by atoms with van der Waals surface area (Å²) in [6.07, 6.45) is 0. The molecule has 0 aliphatic rings. The molecule has 1 atom stereocenters. The average Bonchev–Trinajstić information content (AvgIpc) is 2.81. The monoisotopic (exact) mass is 498 g/mol. The van der Waals surface area contributed by atoms with Gasteiger partial charge in [-0.05, 0) is 81.4 Å². The molecule has 34 heavy (non-hydrogen) atoms. The summed E-state index contributed by atoms with van der Waals surface area (Å²) < 4.78 is 32.6. The Morgan fingerprint density at radius 1 is 0.912 bits per heavy atom. The molecule has 7 nitrogen and oxygen atoms in total. The number of nitrogens with one attached hydrogen (secondary N) is 2. The molecule has 0 radical (unpaired) electrons. The Hall–Kier alpha value is -3.30. The highest BCUT2D eigenvalue weighted by molar-refractivity contribution is 8.00. The van der Waals surface area contributed by atoms with E-state index in [-0.39, 0.29) is 10.8 Å². The van der Waals surface area contributed by atoms with E-state index >= 15 is 0 Å². The molecular weight excluding hydrogens is 472 g/mol. The molecule has 0 fully saturated rings. The van der Waals surface area contributed by atoms with E-state index in [0.29, 0.717) is 23.5 Å². The van der Waals surface area contributed by atoms with Crippen LogP contribution in [0.3, 0.4) is 0 Å². The van der Waals surface area contributed by atoms with Crippen LogP contribution >= 0.6 is 11.8 Å². The molecule has 3 aromatic carbocycles. The first-order valence-electron chi connectivity index (χ1n) is 10.6. The van der Waals surface area contributed by atoms with E-state index in [4.69, 9.17) is 4.74 Å². The summed E-state index contributed by atoms with van der Waals surface area (Å²) in [6.45, 7) is 5.71. The van der Waals surface area contributed by atoms with Crippen molar-refractivity contribution in [3.05, 3.63) is 83.9 Å². The SMILES string of the molecule is CCOC(=O)c1ccc(NC(=O)C(C)Sc2ccc(NS(=O)(=O)c3ccc(C)cc3)cc2)cc1. The second-order valence-electron chi connectivity index (χ2n) is 7.49. The third-order valence-corrected chi connectivity index (χ3v) is 7.29. The zero-order valence-electron chi connectivity index (χ0n) is 19.1. The van der Waals surface area contributed by atoms with Crippen LogP contribution in [-0.2, 0) is 19.6 Å². The number of ether oxygens (including phenoxy) is 1. The van der Waals surface area contributed by atoms with Crippen molar-refractivity contribution >= 4 is 45.0 Å². The molecule has 0 saturated carbocycles. The predicted molar refractivity (Wildman–Crippen MR) is 135 cm³/mol. The summed E-state index contributed by atoms with van der Waals surface area (Å²) in [5.74, 6) is -0.605. The molecule has 9 heteroatoms. The molecule has 0 aromatic heterocycles. The fraction of sp³-hybridized carbons (Fsp3) is 0.200. The maximum Gasteiger partial charge on any atom is 0.338 e. The van der Waals surface area contributed by atoms with Crippen molar-refractivity contribution in [3.63, 3.8) is 0 Å². The van der Waals surface area contributed by atoms with Crippen LogP contribution in [0.25, 0.3) is 0 Å². The van der Waals surface area contributed by atoms with Crippen LogP contribution in [0, 0.1) is 6.92 Å². The smallest absolute Gasteiger partial charge is 0.338 e. The van der Waals surface area contributed by atoms with E-state index in [1.165, 1.54) is 11.8 Å². The van der Waals surface area contributed by atoms with Gasteiger partial charge in [0.2, 0.25) is 5.91 Å². The molecule has 0 aliphatic carbocycles. The quantitative estimate of drug-likeness (QED) is 0.315. The summed E-state index contributed by atoms with van der Waals surface area (Å²) in [5.41, 5.74) is 2.41. The van der Waals surface area contributed by atoms with Gasteiger partial charge in [0, 0.05) is 16.3 Å². The number of esters is 1. The van der Waals surface area contributed by atoms with Gasteiger partial charge in [0.1, 0.15) is 0 Å². The Kier molecular flexibility index (Phi) is 8.36. The van der Waals surface area contributed by atoms with E-state index in [2.05, 4.69) is 10.0 Å². The standard InChI is InChI=1S/C25H26N2O5S2/c1-4-32-25(29)19-7-9-20(10-8-19)26-24(28)18(3)33-22-13-11-21(12-14-22)27-34(30,31)23-15-5-17(2)6-16-23/h5-16,18,27H,4H2,1-3H3,(H,26,28). The fourth-order valence-electron chi connectivity index (χ4n) is 2.94. The van der Waals surface area contributed by atoms with E-state index in [1.54, 1.807) is 86.6 Å². The summed E-state index contributed by atoms with van der Waals surface area (Å²) in [4.78, 5) is 25.3. The Morgan fingerprint density at radius 3 is 2.09 bits per heavy atom. The topological polar surface area (TPSA) is 102 Å². The van der Waals surface area contributed by atoms with Crippen LogP contribution in [0.1, 0.15) is 29.8 Å². The number of anilines is 2. The minimum absolute atomic E-state index is 0.192. The number of hydrogen-bond acceptors (Lipinski definition) is 6. The third kappa shape index (κ3) is 6.85. The largest absolute Gasteiger partial charge is 0.462 e. The third-order valence-electron chi connectivity index (χ3n) is 4.78. The number of amides is 1. The van der Waals surface area contributed by atoms with Crippen molar-refractivity contribution in [2.24, 2.45) is 0 Å². The van der Waals surface area contributed by atoms with Gasteiger partial charge >= 0.3 is 5.97 Å². The van der Waals surface area contributed by atoms with E-state index in [0.717, 1.165) is 10.5 Å². The van der Waals surface area contributed by atoms with Gasteiger partial charge in [0.25, 0.3) is 10.0 Å². The Balaban J connectivity index is 1.56. The van der Waals surface area contributed by atoms with Gasteiger partial charge in [-0.25, -0.2) is 13.2 Å². The van der Waals surface area contributed by atoms with Crippen molar-refractivity contribution in [3.8, 4) is 0 Å². The molecule has 0 spiro atoms. The second kappa shape index (κ2) is 11.2. The highest BCUT2D eigenvalue weighted by Crippen LogP contribution is 2.26. The zero-order valence-corrected chi connectivity index (χ0v) is 20.7. The second-order valence-corrected chi connectivity index (χ2v) is 10.6. The molecule has 0 aliphatic heterocycles. The Bertz CT molecular complexity index is 1240. The summed E-state index contributed by atoms with van der Waals surface area (Å²) in [5, 5.41) is 2.42. The van der Waals surface area contributed by atoms with Crippen molar-refractivity contribution in [1.82, 2.24) is 0 Å². The number of benzene rings is 3. The van der Waals surface area contributed by atoms with Crippen LogP contribution in [-0.4, -0.2) is 32.2 Å². The lowest BCUT2D eigenvalue weighted by Crippen LogP contribution is -2.22. The van der Waals surface area contributed by atoms with Crippen LogP contribution in [0.2, 0.25) is 0 Å². The number of carbonyl (C=O) groups is 2. The Morgan fingerprint density at radius 2 is 1.50 bits per heavy atom. The molecule has 1 unspecified atom stereocenters. The first-order chi connectivity index (χ1) is 16.2. The van der Waals surface area contributed by atoms with Crippen LogP contribution in [0.4, 0.5) is 11.4 Å². The molecule has 0 heterocycles. The van der Waals surface area contributed by atoms with Gasteiger partial charge in [-0.1, -0.05) is 17.7 Å². The van der Waals surface area contributed by atoms with Gasteiger partial charge in [-0.2, -0.15) is 0 Å². The highest BCUT2D eigenvalue weighted by Gasteiger charge is 2.17. The van der Waals surface area contributed by atoms with E-state index < -0.39 is 21.2 Å². The first-order valence-corrected chi connectivity index (χ1v) is 13.0. The molecule has 0 bridgehead atoms. The number of sulfonamides is 1. The average molecular weight is 499 g/mol. The van der Waals surface area contributed by atoms with Crippen molar-refractivity contribution in [1.29, 1.82) is 0 Å². The summed E-state index contributed by atoms with van der Waals surface area (Å²) >= 11 is 1.35. The minimum Gasteiger partial charge on any atom is -0.462 e. The van der Waals surface area contributed by atoms with Crippen LogP contribution in [0.5, 0.6) is 0 Å². The normalized spacial score (nSPS) is 12.0. The minimum atomic E-state index is -3.68. The van der Waals surface area contributed by atoms with Crippen molar-refractivity contribution < 1.29 is 22.7 Å². The van der Waals surface area contributed by atoms with Crippen LogP contribution in [0.15, 0.2) is 82.6 Å². The van der Waals surface area contributed by atoms with Gasteiger partial charge in [0.15, 0.2) is 0 Å². The highest BCUT2D eigenvalue weighted by atomic mass is 32.2. The lowest BCUT2D eigenvalue weighted by molar-refractivity contribution is -0.115. The zero-order chi connectivity index (χ0) is 24.7. The predicted octanol–water partition coefficient (Wildman–Crippen LogP) is 5.09. The molecule has 1 amide bonds. The molecule has 3 rings (SSSR count). The maximum atomic E-state index is 12.6. The Labute approximate surface area is 204 Å². The number of rotatable bonds is 9. The fourth-order valence-corrected chi connectivity index (χ4v) is 4.86. The molecule has 178 valence electrons. The molecule has 0 saturated heterocycles. The number of carbonyl (C=O) groups excluding carboxylic acids is 2. The van der Waals surface area contributed by atoms with Crippen LogP contribution < -0.4 is 10.0 Å². The lowest BCUT2D eigenvalue weighted by Gasteiger charge is -2.13. The first kappa shape index (κ1) is 25.3. The molecular formula is C25H26N2O5S2. The van der Waals surface area contributed by atoms with E-state index in [9.17, 15) is 18.0 Å². The summed E-state index contributed by atoms with van der Waals surface area (Å²) in [6, 6.07) is 19.9. The molecule has 2 N–H and O–H groups in total.